The maximum atomic E-state index is 11.7. The molecule has 1 rings (SSSR count). The summed E-state index contributed by atoms with van der Waals surface area (Å²) in [6.07, 6.45) is 4.09. The Morgan fingerprint density at radius 2 is 2.27 bits per heavy atom. The van der Waals surface area contributed by atoms with Gasteiger partial charge in [0.05, 0.1) is 12.1 Å². The molecule has 15 heavy (non-hydrogen) atoms. The zero-order valence-corrected chi connectivity index (χ0v) is 9.19. The van der Waals surface area contributed by atoms with E-state index in [-0.39, 0.29) is 5.91 Å². The van der Waals surface area contributed by atoms with Crippen molar-refractivity contribution in [2.75, 3.05) is 6.54 Å². The maximum Gasteiger partial charge on any atom is 0.223 e. The van der Waals surface area contributed by atoms with Gasteiger partial charge in [-0.2, -0.15) is 0 Å². The predicted octanol–water partition coefficient (Wildman–Crippen LogP) is 0.727. The van der Waals surface area contributed by atoms with Crippen LogP contribution in [0.2, 0.25) is 0 Å². The van der Waals surface area contributed by atoms with Crippen LogP contribution >= 0.6 is 0 Å². The predicted molar refractivity (Wildman–Crippen MR) is 56.3 cm³/mol. The number of aldehydes is 1. The molecule has 1 aliphatic heterocycles. The molecule has 0 spiro atoms. The Labute approximate surface area is 90.3 Å². The Morgan fingerprint density at radius 1 is 1.53 bits per heavy atom. The molecule has 1 N–H and O–H groups in total. The molecule has 1 fully saturated rings. The van der Waals surface area contributed by atoms with Crippen molar-refractivity contribution < 1.29 is 14.7 Å². The SMILES string of the molecule is CCCCCC(=O)N1CC(O)C[C@H]1C=O. The van der Waals surface area contributed by atoms with Gasteiger partial charge in [0.2, 0.25) is 5.91 Å². The highest BCUT2D eigenvalue weighted by Crippen LogP contribution is 2.18. The lowest BCUT2D eigenvalue weighted by molar-refractivity contribution is -0.134. The first-order valence-electron chi connectivity index (χ1n) is 5.61. The van der Waals surface area contributed by atoms with Crippen LogP contribution in [-0.2, 0) is 9.59 Å². The molecule has 1 heterocycles. The van der Waals surface area contributed by atoms with Crippen molar-refractivity contribution in [2.45, 2.75) is 51.2 Å². The molecule has 1 amide bonds. The largest absolute Gasteiger partial charge is 0.391 e. The number of nitrogens with zero attached hydrogens (tertiary/aromatic N) is 1. The van der Waals surface area contributed by atoms with Gasteiger partial charge in [-0.1, -0.05) is 19.8 Å². The molecule has 1 saturated heterocycles. The molecular formula is C11H19NO3. The van der Waals surface area contributed by atoms with Crippen LogP contribution in [0.4, 0.5) is 0 Å². The topological polar surface area (TPSA) is 57.6 Å². The van der Waals surface area contributed by atoms with Crippen molar-refractivity contribution in [1.82, 2.24) is 4.90 Å². The van der Waals surface area contributed by atoms with Crippen molar-refractivity contribution in [3.05, 3.63) is 0 Å². The fraction of sp³-hybridized carbons (Fsp3) is 0.818. The van der Waals surface area contributed by atoms with Crippen molar-refractivity contribution in [2.24, 2.45) is 0 Å². The van der Waals surface area contributed by atoms with Crippen LogP contribution in [0.3, 0.4) is 0 Å². The highest BCUT2D eigenvalue weighted by atomic mass is 16.3. The van der Waals surface area contributed by atoms with Crippen molar-refractivity contribution in [3.63, 3.8) is 0 Å². The van der Waals surface area contributed by atoms with E-state index in [0.717, 1.165) is 25.5 Å². The smallest absolute Gasteiger partial charge is 0.223 e. The monoisotopic (exact) mass is 213 g/mol. The first-order valence-corrected chi connectivity index (χ1v) is 5.61. The third-order valence-corrected chi connectivity index (χ3v) is 2.79. The lowest BCUT2D eigenvalue weighted by Gasteiger charge is -2.19. The molecule has 0 radical (unpaired) electrons. The average molecular weight is 213 g/mol. The summed E-state index contributed by atoms with van der Waals surface area (Å²) in [5, 5.41) is 9.37. The Hall–Kier alpha value is -0.900. The van der Waals surface area contributed by atoms with Crippen LogP contribution in [0.15, 0.2) is 0 Å². The molecule has 4 heteroatoms. The number of carbonyl (C=O) groups is 2. The number of amides is 1. The van der Waals surface area contributed by atoms with E-state index in [2.05, 4.69) is 6.92 Å². The molecule has 0 aromatic rings. The van der Waals surface area contributed by atoms with Crippen molar-refractivity contribution in [3.8, 4) is 0 Å². The van der Waals surface area contributed by atoms with Crippen LogP contribution in [0.1, 0.15) is 39.0 Å². The highest BCUT2D eigenvalue weighted by molar-refractivity contribution is 5.80. The summed E-state index contributed by atoms with van der Waals surface area (Å²) in [5.74, 6) is -0.00269. The van der Waals surface area contributed by atoms with E-state index in [4.69, 9.17) is 0 Å². The summed E-state index contributed by atoms with van der Waals surface area (Å²) in [6, 6.07) is -0.408. The minimum Gasteiger partial charge on any atom is -0.391 e. The molecule has 0 bridgehead atoms. The number of likely N-dealkylation sites (tertiary alicyclic amines) is 1. The highest BCUT2D eigenvalue weighted by Gasteiger charge is 2.33. The molecule has 0 aromatic carbocycles. The van der Waals surface area contributed by atoms with E-state index >= 15 is 0 Å². The molecule has 1 unspecified atom stereocenters. The Balaban J connectivity index is 2.40. The first kappa shape index (κ1) is 12.2. The molecule has 0 aromatic heterocycles. The summed E-state index contributed by atoms with van der Waals surface area (Å²) in [4.78, 5) is 23.9. The second-order valence-corrected chi connectivity index (χ2v) is 4.10. The fourth-order valence-electron chi connectivity index (χ4n) is 1.93. The minimum absolute atomic E-state index is 0.00269. The maximum absolute atomic E-state index is 11.7. The fourth-order valence-corrected chi connectivity index (χ4v) is 1.93. The molecular weight excluding hydrogens is 194 g/mol. The molecule has 1 aliphatic rings. The number of carbonyl (C=O) groups excluding carboxylic acids is 2. The van der Waals surface area contributed by atoms with Gasteiger partial charge in [-0.05, 0) is 6.42 Å². The van der Waals surface area contributed by atoms with Gasteiger partial charge in [0.15, 0.2) is 0 Å². The lowest BCUT2D eigenvalue weighted by Crippen LogP contribution is -2.36. The van der Waals surface area contributed by atoms with Gasteiger partial charge in [-0.25, -0.2) is 0 Å². The van der Waals surface area contributed by atoms with Gasteiger partial charge >= 0.3 is 0 Å². The van der Waals surface area contributed by atoms with Crippen LogP contribution < -0.4 is 0 Å². The molecule has 2 atom stereocenters. The zero-order chi connectivity index (χ0) is 11.3. The molecule has 0 aliphatic carbocycles. The van der Waals surface area contributed by atoms with E-state index in [0.29, 0.717) is 19.4 Å². The summed E-state index contributed by atoms with van der Waals surface area (Å²) in [6.45, 7) is 2.40. The standard InChI is InChI=1S/C11H19NO3/c1-2-3-4-5-11(15)12-7-10(14)6-9(12)8-13/h8-10,14H,2-7H2,1H3/t9-,10?/m0/s1. The lowest BCUT2D eigenvalue weighted by atomic mass is 10.2. The number of hydrogen-bond acceptors (Lipinski definition) is 3. The number of unbranched alkanes of at least 4 members (excludes halogenated alkanes) is 2. The summed E-state index contributed by atoms with van der Waals surface area (Å²) >= 11 is 0. The van der Waals surface area contributed by atoms with Gasteiger partial charge in [0.25, 0.3) is 0 Å². The number of aliphatic hydroxyl groups is 1. The van der Waals surface area contributed by atoms with E-state index < -0.39 is 12.1 Å². The third kappa shape index (κ3) is 3.30. The van der Waals surface area contributed by atoms with Crippen LogP contribution in [0, 0.1) is 0 Å². The quantitative estimate of drug-likeness (QED) is 0.541. The minimum atomic E-state index is -0.532. The van der Waals surface area contributed by atoms with E-state index in [1.807, 2.05) is 0 Å². The van der Waals surface area contributed by atoms with Gasteiger partial charge in [0.1, 0.15) is 6.29 Å². The van der Waals surface area contributed by atoms with Gasteiger partial charge in [-0.3, -0.25) is 4.79 Å². The van der Waals surface area contributed by atoms with E-state index in [9.17, 15) is 14.7 Å². The van der Waals surface area contributed by atoms with Gasteiger partial charge < -0.3 is 14.8 Å². The van der Waals surface area contributed by atoms with E-state index in [1.165, 1.54) is 4.90 Å². The molecule has 0 saturated carbocycles. The van der Waals surface area contributed by atoms with Gasteiger partial charge in [0, 0.05) is 19.4 Å². The van der Waals surface area contributed by atoms with E-state index in [1.54, 1.807) is 0 Å². The summed E-state index contributed by atoms with van der Waals surface area (Å²) in [7, 11) is 0. The van der Waals surface area contributed by atoms with Crippen molar-refractivity contribution >= 4 is 12.2 Å². The second-order valence-electron chi connectivity index (χ2n) is 4.10. The molecule has 4 nitrogen and oxygen atoms in total. The number of β-amino-alcohol motifs (C(OH)–C–C–N with tert-alkyl or cyclic N) is 1. The first-order chi connectivity index (χ1) is 7.19. The van der Waals surface area contributed by atoms with Crippen molar-refractivity contribution in [1.29, 1.82) is 0 Å². The number of hydrogen-bond donors (Lipinski definition) is 1. The Bertz CT molecular complexity index is 230. The van der Waals surface area contributed by atoms with Crippen LogP contribution in [0.25, 0.3) is 0 Å². The summed E-state index contributed by atoms with van der Waals surface area (Å²) < 4.78 is 0. The second kappa shape index (κ2) is 5.85. The normalized spacial score (nSPS) is 25.6. The third-order valence-electron chi connectivity index (χ3n) is 2.79. The number of aliphatic hydroxyl groups excluding tert-OH is 1. The molecule has 86 valence electrons. The van der Waals surface area contributed by atoms with Gasteiger partial charge in [-0.15, -0.1) is 0 Å². The van der Waals surface area contributed by atoms with Crippen LogP contribution in [0.5, 0.6) is 0 Å². The summed E-state index contributed by atoms with van der Waals surface area (Å²) in [5.41, 5.74) is 0. The number of rotatable bonds is 5. The average Bonchev–Trinajstić information content (AvgIpc) is 2.60. The Morgan fingerprint density at radius 3 is 2.87 bits per heavy atom. The van der Waals surface area contributed by atoms with Crippen LogP contribution in [-0.4, -0.2) is 40.9 Å². The zero-order valence-electron chi connectivity index (χ0n) is 9.19. The Kier molecular flexibility index (Phi) is 4.75.